The number of nitrogen functional groups attached to an aromatic ring is 1. The number of imidazole rings is 1. The van der Waals surface area contributed by atoms with Crippen LogP contribution < -0.4 is 15.2 Å². The van der Waals surface area contributed by atoms with Crippen molar-refractivity contribution in [2.24, 2.45) is 0 Å². The van der Waals surface area contributed by atoms with E-state index in [1.165, 1.54) is 0 Å². The van der Waals surface area contributed by atoms with Gasteiger partial charge in [0.1, 0.15) is 6.10 Å². The van der Waals surface area contributed by atoms with Crippen molar-refractivity contribution in [3.63, 3.8) is 0 Å². The second kappa shape index (κ2) is 8.57. The van der Waals surface area contributed by atoms with Crippen molar-refractivity contribution in [1.29, 1.82) is 5.26 Å². The van der Waals surface area contributed by atoms with E-state index in [-0.39, 0.29) is 17.9 Å². The zero-order chi connectivity index (χ0) is 20.1. The molecule has 0 amide bonds. The zero-order valence-electron chi connectivity index (χ0n) is 16.3. The van der Waals surface area contributed by atoms with Crippen LogP contribution in [0.15, 0.2) is 24.3 Å². The van der Waals surface area contributed by atoms with Crippen LogP contribution in [0.2, 0.25) is 0 Å². The van der Waals surface area contributed by atoms with E-state index in [0.29, 0.717) is 29.3 Å². The van der Waals surface area contributed by atoms with Gasteiger partial charge >= 0.3 is 6.01 Å². The quantitative estimate of drug-likeness (QED) is 0.722. The summed E-state index contributed by atoms with van der Waals surface area (Å²) in [5, 5.41) is 9.10. The standard InChI is InChI=1S/C18H18N6O2.C2H6/c1-25-18-21-14-15(20)22-17(26-13-6-3-7-13)23-16(14)24(18)10-12-5-2-4-11(8-12)9-19;1-2/h2,4-5,8,13H,3,6-7,10H2,1H3,(H2,20,22,23);1-2H3. The van der Waals surface area contributed by atoms with Gasteiger partial charge in [0.15, 0.2) is 17.0 Å². The van der Waals surface area contributed by atoms with Crippen LogP contribution in [-0.2, 0) is 6.54 Å². The van der Waals surface area contributed by atoms with Gasteiger partial charge in [-0.25, -0.2) is 0 Å². The van der Waals surface area contributed by atoms with Gasteiger partial charge in [-0.1, -0.05) is 26.0 Å². The maximum Gasteiger partial charge on any atom is 0.320 e. The first kappa shape index (κ1) is 19.4. The second-order valence-corrected chi connectivity index (χ2v) is 6.23. The van der Waals surface area contributed by atoms with Crippen LogP contribution in [0.5, 0.6) is 12.0 Å². The fraction of sp³-hybridized carbons (Fsp3) is 0.400. The van der Waals surface area contributed by atoms with E-state index in [4.69, 9.17) is 20.5 Å². The number of rotatable bonds is 5. The highest BCUT2D eigenvalue weighted by Gasteiger charge is 2.23. The Kier molecular flexibility index (Phi) is 5.94. The smallest absolute Gasteiger partial charge is 0.320 e. The maximum atomic E-state index is 9.10. The normalized spacial score (nSPS) is 13.2. The lowest BCUT2D eigenvalue weighted by Gasteiger charge is -2.25. The molecule has 146 valence electrons. The number of anilines is 1. The number of aromatic nitrogens is 4. The Morgan fingerprint density at radius 3 is 2.68 bits per heavy atom. The van der Waals surface area contributed by atoms with Crippen LogP contribution in [0.3, 0.4) is 0 Å². The predicted octanol–water partition coefficient (Wildman–Crippen LogP) is 3.29. The Morgan fingerprint density at radius 2 is 2.04 bits per heavy atom. The van der Waals surface area contributed by atoms with E-state index >= 15 is 0 Å². The van der Waals surface area contributed by atoms with Gasteiger partial charge in [-0.3, -0.25) is 4.57 Å². The zero-order valence-corrected chi connectivity index (χ0v) is 16.3. The summed E-state index contributed by atoms with van der Waals surface area (Å²) in [6, 6.07) is 10.1. The molecule has 0 spiro atoms. The van der Waals surface area contributed by atoms with Crippen LogP contribution in [0.1, 0.15) is 44.2 Å². The summed E-state index contributed by atoms with van der Waals surface area (Å²) in [6.07, 6.45) is 3.32. The Labute approximate surface area is 163 Å². The van der Waals surface area contributed by atoms with Crippen molar-refractivity contribution < 1.29 is 9.47 Å². The number of fused-ring (bicyclic) bond motifs is 1. The van der Waals surface area contributed by atoms with Gasteiger partial charge in [0.25, 0.3) is 6.01 Å². The van der Waals surface area contributed by atoms with E-state index in [1.807, 2.05) is 32.0 Å². The molecule has 1 saturated carbocycles. The lowest BCUT2D eigenvalue weighted by molar-refractivity contribution is 0.109. The number of methoxy groups -OCH3 is 1. The molecule has 2 aromatic heterocycles. The summed E-state index contributed by atoms with van der Waals surface area (Å²) in [4.78, 5) is 13.1. The highest BCUT2D eigenvalue weighted by molar-refractivity contribution is 5.83. The Morgan fingerprint density at radius 1 is 1.25 bits per heavy atom. The van der Waals surface area contributed by atoms with E-state index < -0.39 is 0 Å². The van der Waals surface area contributed by atoms with Crippen molar-refractivity contribution in [2.75, 3.05) is 12.8 Å². The molecule has 8 nitrogen and oxygen atoms in total. The van der Waals surface area contributed by atoms with Crippen LogP contribution in [0.25, 0.3) is 11.2 Å². The third-order valence-corrected chi connectivity index (χ3v) is 4.47. The number of nitrogens with zero attached hydrogens (tertiary/aromatic N) is 5. The topological polar surface area (TPSA) is 112 Å². The summed E-state index contributed by atoms with van der Waals surface area (Å²) in [5.74, 6) is 0.257. The first-order valence-electron chi connectivity index (χ1n) is 9.41. The number of nitriles is 1. The molecule has 2 N–H and O–H groups in total. The van der Waals surface area contributed by atoms with Crippen molar-refractivity contribution in [3.8, 4) is 18.1 Å². The first-order valence-corrected chi connectivity index (χ1v) is 9.41. The van der Waals surface area contributed by atoms with Crippen LogP contribution in [0.4, 0.5) is 5.82 Å². The summed E-state index contributed by atoms with van der Waals surface area (Å²) in [7, 11) is 1.54. The van der Waals surface area contributed by atoms with E-state index in [0.717, 1.165) is 24.8 Å². The fourth-order valence-corrected chi connectivity index (χ4v) is 2.89. The van der Waals surface area contributed by atoms with E-state index in [9.17, 15) is 0 Å². The summed E-state index contributed by atoms with van der Waals surface area (Å²) < 4.78 is 13.0. The van der Waals surface area contributed by atoms with Gasteiger partial charge < -0.3 is 15.2 Å². The van der Waals surface area contributed by atoms with Crippen molar-refractivity contribution in [1.82, 2.24) is 19.5 Å². The van der Waals surface area contributed by atoms with Crippen molar-refractivity contribution in [2.45, 2.75) is 45.8 Å². The monoisotopic (exact) mass is 380 g/mol. The van der Waals surface area contributed by atoms with Crippen LogP contribution >= 0.6 is 0 Å². The molecule has 0 saturated heterocycles. The highest BCUT2D eigenvalue weighted by atomic mass is 16.5. The molecule has 0 radical (unpaired) electrons. The molecule has 0 aliphatic heterocycles. The van der Waals surface area contributed by atoms with Crippen LogP contribution in [0, 0.1) is 11.3 Å². The molecular weight excluding hydrogens is 356 g/mol. The molecule has 3 aromatic rings. The maximum absolute atomic E-state index is 9.10. The van der Waals surface area contributed by atoms with E-state index in [1.54, 1.807) is 17.7 Å². The molecule has 1 aromatic carbocycles. The number of benzene rings is 1. The van der Waals surface area contributed by atoms with Crippen LogP contribution in [-0.4, -0.2) is 32.7 Å². The largest absolute Gasteiger partial charge is 0.468 e. The van der Waals surface area contributed by atoms with Crippen molar-refractivity contribution >= 4 is 17.0 Å². The minimum absolute atomic E-state index is 0.150. The molecular formula is C20H24N6O2. The number of hydrogen-bond donors (Lipinski definition) is 1. The summed E-state index contributed by atoms with van der Waals surface area (Å²) >= 11 is 0. The molecule has 8 heteroatoms. The van der Waals surface area contributed by atoms with Gasteiger partial charge in [-0.15, -0.1) is 0 Å². The van der Waals surface area contributed by atoms with Gasteiger partial charge in [0, 0.05) is 0 Å². The van der Waals surface area contributed by atoms with Gasteiger partial charge in [0.2, 0.25) is 0 Å². The molecule has 0 atom stereocenters. The molecule has 1 fully saturated rings. The molecule has 4 rings (SSSR count). The highest BCUT2D eigenvalue weighted by Crippen LogP contribution is 2.29. The molecule has 2 heterocycles. The third kappa shape index (κ3) is 3.83. The van der Waals surface area contributed by atoms with Gasteiger partial charge in [-0.05, 0) is 37.0 Å². The lowest BCUT2D eigenvalue weighted by atomic mass is 9.96. The Hall–Kier alpha value is -3.34. The van der Waals surface area contributed by atoms with Gasteiger partial charge in [0.05, 0.1) is 25.3 Å². The fourth-order valence-electron chi connectivity index (χ4n) is 2.89. The second-order valence-electron chi connectivity index (χ2n) is 6.23. The molecule has 28 heavy (non-hydrogen) atoms. The Balaban J connectivity index is 0.00000109. The molecule has 1 aliphatic rings. The number of ether oxygens (including phenoxy) is 2. The average Bonchev–Trinajstić information content (AvgIpc) is 3.05. The Bertz CT molecular complexity index is 1000. The molecule has 1 aliphatic carbocycles. The predicted molar refractivity (Wildman–Crippen MR) is 106 cm³/mol. The van der Waals surface area contributed by atoms with Gasteiger partial charge in [-0.2, -0.15) is 20.2 Å². The van der Waals surface area contributed by atoms with E-state index in [2.05, 4.69) is 21.0 Å². The summed E-state index contributed by atoms with van der Waals surface area (Å²) in [6.45, 7) is 4.44. The minimum atomic E-state index is 0.150. The number of hydrogen-bond acceptors (Lipinski definition) is 7. The average molecular weight is 380 g/mol. The summed E-state index contributed by atoms with van der Waals surface area (Å²) in [5.41, 5.74) is 8.60. The SMILES string of the molecule is CC.COc1nc2c(N)nc(OC3CCC3)nc2n1Cc1cccc(C#N)c1. The first-order chi connectivity index (χ1) is 13.7. The lowest BCUT2D eigenvalue weighted by Crippen LogP contribution is -2.25. The van der Waals surface area contributed by atoms with Crippen molar-refractivity contribution in [3.05, 3.63) is 35.4 Å². The third-order valence-electron chi connectivity index (χ3n) is 4.47. The molecule has 0 bridgehead atoms. The molecule has 0 unspecified atom stereocenters. The minimum Gasteiger partial charge on any atom is -0.468 e. The number of nitrogens with two attached hydrogens (primary N) is 1.